The number of benzene rings is 2. The molecule has 0 saturated heterocycles. The van der Waals surface area contributed by atoms with Crippen molar-refractivity contribution in [1.82, 2.24) is 9.80 Å². The minimum absolute atomic E-state index is 0.131. The number of likely N-dealkylation sites (N-methyl/N-ethyl adjacent to an activating group) is 1. The van der Waals surface area contributed by atoms with Gasteiger partial charge in [-0.1, -0.05) is 60.7 Å². The summed E-state index contributed by atoms with van der Waals surface area (Å²) in [6, 6.07) is 20.4. The van der Waals surface area contributed by atoms with E-state index in [9.17, 15) is 4.79 Å². The summed E-state index contributed by atoms with van der Waals surface area (Å²) in [5, 5.41) is 0. The van der Waals surface area contributed by atoms with Crippen LogP contribution >= 0.6 is 0 Å². The first kappa shape index (κ1) is 16.2. The Morgan fingerprint density at radius 1 is 0.864 bits per heavy atom. The number of rotatable bonds is 6. The zero-order valence-electron chi connectivity index (χ0n) is 13.6. The van der Waals surface area contributed by atoms with Crippen LogP contribution in [-0.2, 0) is 17.9 Å². The van der Waals surface area contributed by atoms with Crippen LogP contribution in [0.5, 0.6) is 0 Å². The normalized spacial score (nSPS) is 12.2. The lowest BCUT2D eigenvalue weighted by Crippen LogP contribution is -2.43. The Kier molecular flexibility index (Phi) is 5.73. The van der Waals surface area contributed by atoms with E-state index in [1.54, 1.807) is 4.90 Å². The molecule has 0 fully saturated rings. The van der Waals surface area contributed by atoms with E-state index in [1.807, 2.05) is 57.4 Å². The molecule has 0 spiro atoms. The van der Waals surface area contributed by atoms with Crippen molar-refractivity contribution in [3.8, 4) is 0 Å². The number of hydrogen-bond acceptors (Lipinski definition) is 2. The van der Waals surface area contributed by atoms with Crippen LogP contribution < -0.4 is 0 Å². The maximum absolute atomic E-state index is 12.3. The number of amides is 1. The highest BCUT2D eigenvalue weighted by molar-refractivity contribution is 5.80. The van der Waals surface area contributed by atoms with Gasteiger partial charge in [0.05, 0.1) is 6.04 Å². The fourth-order valence-electron chi connectivity index (χ4n) is 2.50. The van der Waals surface area contributed by atoms with E-state index in [-0.39, 0.29) is 11.9 Å². The van der Waals surface area contributed by atoms with Crippen LogP contribution in [0.1, 0.15) is 18.1 Å². The smallest absolute Gasteiger partial charge is 0.239 e. The Morgan fingerprint density at radius 2 is 1.27 bits per heavy atom. The highest BCUT2D eigenvalue weighted by Crippen LogP contribution is 2.14. The molecule has 2 rings (SSSR count). The lowest BCUT2D eigenvalue weighted by Gasteiger charge is -2.30. The molecule has 1 amide bonds. The van der Waals surface area contributed by atoms with Gasteiger partial charge in [-0.05, 0) is 18.1 Å². The van der Waals surface area contributed by atoms with E-state index in [1.165, 1.54) is 11.1 Å². The number of hydrogen-bond donors (Lipinski definition) is 0. The topological polar surface area (TPSA) is 23.6 Å². The van der Waals surface area contributed by atoms with Gasteiger partial charge in [-0.2, -0.15) is 0 Å². The summed E-state index contributed by atoms with van der Waals surface area (Å²) in [6.07, 6.45) is 0. The van der Waals surface area contributed by atoms with Crippen molar-refractivity contribution in [2.75, 3.05) is 14.1 Å². The van der Waals surface area contributed by atoms with E-state index in [2.05, 4.69) is 29.2 Å². The van der Waals surface area contributed by atoms with Crippen molar-refractivity contribution >= 4 is 5.91 Å². The summed E-state index contributed by atoms with van der Waals surface area (Å²) in [7, 11) is 3.62. The Labute approximate surface area is 133 Å². The lowest BCUT2D eigenvalue weighted by molar-refractivity contribution is -0.134. The molecule has 1 unspecified atom stereocenters. The van der Waals surface area contributed by atoms with Crippen LogP contribution in [0.25, 0.3) is 0 Å². The summed E-state index contributed by atoms with van der Waals surface area (Å²) in [5.41, 5.74) is 2.44. The van der Waals surface area contributed by atoms with Gasteiger partial charge in [-0.15, -0.1) is 0 Å². The first-order valence-electron chi connectivity index (χ1n) is 7.61. The molecule has 0 aliphatic heterocycles. The standard InChI is InChI=1S/C19H24N2O/c1-16(19(22)20(2)3)21(14-17-10-6-4-7-11-17)15-18-12-8-5-9-13-18/h4-13,16H,14-15H2,1-3H3. The predicted molar refractivity (Wildman–Crippen MR) is 90.3 cm³/mol. The van der Waals surface area contributed by atoms with Gasteiger partial charge >= 0.3 is 0 Å². The van der Waals surface area contributed by atoms with Gasteiger partial charge in [0.2, 0.25) is 5.91 Å². The fourth-order valence-corrected chi connectivity index (χ4v) is 2.50. The van der Waals surface area contributed by atoms with Crippen LogP contribution in [0.15, 0.2) is 60.7 Å². The molecule has 116 valence electrons. The molecule has 0 N–H and O–H groups in total. The van der Waals surface area contributed by atoms with Gasteiger partial charge in [0, 0.05) is 27.2 Å². The lowest BCUT2D eigenvalue weighted by atomic mass is 10.1. The first-order valence-corrected chi connectivity index (χ1v) is 7.61. The molecule has 0 radical (unpaired) electrons. The largest absolute Gasteiger partial charge is 0.347 e. The van der Waals surface area contributed by atoms with Crippen molar-refractivity contribution in [1.29, 1.82) is 0 Å². The van der Waals surface area contributed by atoms with Crippen molar-refractivity contribution in [3.05, 3.63) is 71.8 Å². The molecule has 3 heteroatoms. The fraction of sp³-hybridized carbons (Fsp3) is 0.316. The molecule has 0 bridgehead atoms. The third kappa shape index (κ3) is 4.43. The van der Waals surface area contributed by atoms with Gasteiger partial charge in [0.25, 0.3) is 0 Å². The molecule has 0 aliphatic carbocycles. The Balaban J connectivity index is 2.18. The van der Waals surface area contributed by atoms with E-state index in [4.69, 9.17) is 0 Å². The molecular formula is C19H24N2O. The maximum Gasteiger partial charge on any atom is 0.239 e. The monoisotopic (exact) mass is 296 g/mol. The average molecular weight is 296 g/mol. The highest BCUT2D eigenvalue weighted by atomic mass is 16.2. The molecule has 0 aliphatic rings. The zero-order valence-corrected chi connectivity index (χ0v) is 13.6. The second-order valence-corrected chi connectivity index (χ2v) is 5.78. The summed E-state index contributed by atoms with van der Waals surface area (Å²) in [6.45, 7) is 3.50. The van der Waals surface area contributed by atoms with Gasteiger partial charge in [-0.25, -0.2) is 0 Å². The van der Waals surface area contributed by atoms with Crippen LogP contribution in [0, 0.1) is 0 Å². The summed E-state index contributed by atoms with van der Waals surface area (Å²) in [5.74, 6) is 0.131. The SMILES string of the molecule is CC(C(=O)N(C)C)N(Cc1ccccc1)Cc1ccccc1. The molecular weight excluding hydrogens is 272 g/mol. The van der Waals surface area contributed by atoms with Gasteiger partial charge in [0.15, 0.2) is 0 Å². The zero-order chi connectivity index (χ0) is 15.9. The third-order valence-electron chi connectivity index (χ3n) is 3.80. The van der Waals surface area contributed by atoms with Crippen LogP contribution in [0.2, 0.25) is 0 Å². The number of carbonyl (C=O) groups excluding carboxylic acids is 1. The van der Waals surface area contributed by atoms with E-state index in [0.29, 0.717) is 0 Å². The molecule has 0 saturated carbocycles. The second kappa shape index (κ2) is 7.76. The molecule has 0 heterocycles. The molecule has 3 nitrogen and oxygen atoms in total. The maximum atomic E-state index is 12.3. The number of carbonyl (C=O) groups is 1. The minimum atomic E-state index is -0.157. The molecule has 1 atom stereocenters. The quantitative estimate of drug-likeness (QED) is 0.817. The molecule has 2 aromatic rings. The van der Waals surface area contributed by atoms with Crippen LogP contribution in [0.4, 0.5) is 0 Å². The van der Waals surface area contributed by atoms with Crippen molar-refractivity contribution in [2.45, 2.75) is 26.1 Å². The third-order valence-corrected chi connectivity index (χ3v) is 3.80. The highest BCUT2D eigenvalue weighted by Gasteiger charge is 2.23. The van der Waals surface area contributed by atoms with Crippen molar-refractivity contribution < 1.29 is 4.79 Å². The first-order chi connectivity index (χ1) is 10.6. The van der Waals surface area contributed by atoms with Crippen molar-refractivity contribution in [3.63, 3.8) is 0 Å². The Hall–Kier alpha value is -2.13. The van der Waals surface area contributed by atoms with Gasteiger partial charge < -0.3 is 4.90 Å². The van der Waals surface area contributed by atoms with Crippen LogP contribution in [-0.4, -0.2) is 35.8 Å². The Bertz CT molecular complexity index is 539. The van der Waals surface area contributed by atoms with Gasteiger partial charge in [0.1, 0.15) is 0 Å². The Morgan fingerprint density at radius 3 is 1.64 bits per heavy atom. The molecule has 0 aromatic heterocycles. The van der Waals surface area contributed by atoms with E-state index in [0.717, 1.165) is 13.1 Å². The summed E-state index contributed by atoms with van der Waals surface area (Å²) < 4.78 is 0. The molecule has 22 heavy (non-hydrogen) atoms. The predicted octanol–water partition coefficient (Wildman–Crippen LogP) is 3.17. The van der Waals surface area contributed by atoms with Crippen molar-refractivity contribution in [2.24, 2.45) is 0 Å². The van der Waals surface area contributed by atoms with Gasteiger partial charge in [-0.3, -0.25) is 9.69 Å². The molecule has 2 aromatic carbocycles. The summed E-state index contributed by atoms with van der Waals surface area (Å²) in [4.78, 5) is 16.2. The van der Waals surface area contributed by atoms with Crippen LogP contribution in [0.3, 0.4) is 0 Å². The average Bonchev–Trinajstić information content (AvgIpc) is 2.54. The number of nitrogens with zero attached hydrogens (tertiary/aromatic N) is 2. The van der Waals surface area contributed by atoms with E-state index < -0.39 is 0 Å². The summed E-state index contributed by atoms with van der Waals surface area (Å²) >= 11 is 0. The minimum Gasteiger partial charge on any atom is -0.347 e. The second-order valence-electron chi connectivity index (χ2n) is 5.78. The van der Waals surface area contributed by atoms with E-state index >= 15 is 0 Å².